The molecule has 0 bridgehead atoms. The van der Waals surface area contributed by atoms with Crippen molar-refractivity contribution in [2.75, 3.05) is 0 Å². The second-order valence-corrected chi connectivity index (χ2v) is 4.90. The van der Waals surface area contributed by atoms with Gasteiger partial charge in [-0.3, -0.25) is 9.48 Å². The second kappa shape index (κ2) is 5.17. The highest BCUT2D eigenvalue weighted by Crippen LogP contribution is 2.15. The number of ketones is 1. The van der Waals surface area contributed by atoms with E-state index in [0.29, 0.717) is 12.3 Å². The largest absolute Gasteiger partial charge is 0.294 e. The van der Waals surface area contributed by atoms with E-state index in [-0.39, 0.29) is 5.78 Å². The first kappa shape index (κ1) is 12.6. The lowest BCUT2D eigenvalue weighted by molar-refractivity contribution is 0.0993. The van der Waals surface area contributed by atoms with Crippen LogP contribution in [0.3, 0.4) is 0 Å². The monoisotopic (exact) mass is 242 g/mol. The fourth-order valence-electron chi connectivity index (χ4n) is 1.90. The molecule has 0 radical (unpaired) electrons. The molecule has 0 aliphatic carbocycles. The average Bonchev–Trinajstić information content (AvgIpc) is 2.75. The number of hydrogen-bond acceptors (Lipinski definition) is 2. The summed E-state index contributed by atoms with van der Waals surface area (Å²) in [5.41, 5.74) is 2.98. The lowest BCUT2D eigenvalue weighted by atomic mass is 9.99. The summed E-state index contributed by atoms with van der Waals surface area (Å²) in [6, 6.07) is 7.88. The highest BCUT2D eigenvalue weighted by molar-refractivity contribution is 5.97. The molecular weight excluding hydrogens is 224 g/mol. The first-order valence-electron chi connectivity index (χ1n) is 6.17. The molecule has 0 aliphatic heterocycles. The van der Waals surface area contributed by atoms with Crippen LogP contribution in [-0.4, -0.2) is 15.6 Å². The maximum Gasteiger partial charge on any atom is 0.167 e. The van der Waals surface area contributed by atoms with Gasteiger partial charge in [-0.1, -0.05) is 38.1 Å². The summed E-state index contributed by atoms with van der Waals surface area (Å²) in [5.74, 6) is 0.630. The van der Waals surface area contributed by atoms with Gasteiger partial charge in [-0.2, -0.15) is 5.10 Å². The minimum atomic E-state index is 0.137. The summed E-state index contributed by atoms with van der Waals surface area (Å²) in [5, 5.41) is 4.07. The molecule has 1 aromatic heterocycles. The Morgan fingerprint density at radius 1 is 1.28 bits per heavy atom. The van der Waals surface area contributed by atoms with Crippen LogP contribution in [0.15, 0.2) is 36.7 Å². The number of aryl methyl sites for hydroxylation is 1. The quantitative estimate of drug-likeness (QED) is 0.772. The third kappa shape index (κ3) is 2.86. The van der Waals surface area contributed by atoms with Gasteiger partial charge >= 0.3 is 0 Å². The van der Waals surface area contributed by atoms with Crippen molar-refractivity contribution in [3.05, 3.63) is 53.3 Å². The zero-order valence-corrected chi connectivity index (χ0v) is 11.1. The van der Waals surface area contributed by atoms with Crippen LogP contribution < -0.4 is 0 Å². The zero-order valence-electron chi connectivity index (χ0n) is 11.1. The molecule has 0 saturated carbocycles. The van der Waals surface area contributed by atoms with Crippen molar-refractivity contribution in [2.24, 2.45) is 7.05 Å². The van der Waals surface area contributed by atoms with Crippen molar-refractivity contribution in [1.29, 1.82) is 0 Å². The van der Waals surface area contributed by atoms with E-state index < -0.39 is 0 Å². The number of Topliss-reactive ketones (excluding diaryl/α,β-unsaturated/α-hetero) is 1. The number of carbonyl (C=O) groups excluding carboxylic acids is 1. The van der Waals surface area contributed by atoms with Crippen LogP contribution in [-0.2, 0) is 13.5 Å². The Morgan fingerprint density at radius 2 is 1.94 bits per heavy atom. The van der Waals surface area contributed by atoms with Crippen molar-refractivity contribution in [2.45, 2.75) is 26.2 Å². The van der Waals surface area contributed by atoms with E-state index in [2.05, 4.69) is 18.9 Å². The first-order valence-corrected chi connectivity index (χ1v) is 6.17. The molecule has 1 aromatic carbocycles. The summed E-state index contributed by atoms with van der Waals surface area (Å²) in [6.07, 6.45) is 4.02. The average molecular weight is 242 g/mol. The third-order valence-electron chi connectivity index (χ3n) is 3.02. The molecule has 0 N–H and O–H groups in total. The van der Waals surface area contributed by atoms with E-state index in [1.165, 1.54) is 5.56 Å². The zero-order chi connectivity index (χ0) is 13.1. The first-order chi connectivity index (χ1) is 8.56. The second-order valence-electron chi connectivity index (χ2n) is 4.90. The van der Waals surface area contributed by atoms with Gasteiger partial charge in [0.15, 0.2) is 5.78 Å². The molecule has 18 heavy (non-hydrogen) atoms. The molecule has 94 valence electrons. The van der Waals surface area contributed by atoms with Crippen LogP contribution in [0.25, 0.3) is 0 Å². The Labute approximate surface area is 107 Å². The molecular formula is C15H18N2O. The Hall–Kier alpha value is -1.90. The summed E-state index contributed by atoms with van der Waals surface area (Å²) in [6.45, 7) is 4.29. The van der Waals surface area contributed by atoms with Crippen LogP contribution in [0, 0.1) is 0 Å². The van der Waals surface area contributed by atoms with Gasteiger partial charge in [0.2, 0.25) is 0 Å². The van der Waals surface area contributed by atoms with Crippen LogP contribution in [0.1, 0.15) is 41.3 Å². The van der Waals surface area contributed by atoms with Gasteiger partial charge < -0.3 is 0 Å². The number of benzene rings is 1. The van der Waals surface area contributed by atoms with Gasteiger partial charge in [0, 0.05) is 25.2 Å². The predicted octanol–water partition coefficient (Wildman–Crippen LogP) is 2.97. The fourth-order valence-corrected chi connectivity index (χ4v) is 1.90. The molecule has 3 heteroatoms. The van der Waals surface area contributed by atoms with Crippen LogP contribution in [0.4, 0.5) is 0 Å². The molecule has 0 saturated heterocycles. The Balaban J connectivity index is 2.09. The number of carbonyl (C=O) groups is 1. The van der Waals surface area contributed by atoms with E-state index in [9.17, 15) is 4.79 Å². The van der Waals surface area contributed by atoms with Gasteiger partial charge in [0.05, 0.1) is 6.20 Å². The lowest BCUT2D eigenvalue weighted by Crippen LogP contribution is -2.03. The van der Waals surface area contributed by atoms with E-state index in [4.69, 9.17) is 0 Å². The van der Waals surface area contributed by atoms with E-state index in [1.807, 2.05) is 37.5 Å². The number of hydrogen-bond donors (Lipinski definition) is 0. The standard InChI is InChI=1S/C15H18N2O/c1-11(2)13-4-6-14(7-5-13)15(18)8-12-9-16-17(3)10-12/h4-7,9-11H,8H2,1-3H3. The molecule has 0 aliphatic rings. The maximum absolute atomic E-state index is 12.1. The maximum atomic E-state index is 12.1. The van der Waals surface area contributed by atoms with E-state index in [0.717, 1.165) is 11.1 Å². The third-order valence-corrected chi connectivity index (χ3v) is 3.02. The fraction of sp³-hybridized carbons (Fsp3) is 0.333. The summed E-state index contributed by atoms with van der Waals surface area (Å²) in [4.78, 5) is 12.1. The van der Waals surface area contributed by atoms with Gasteiger partial charge in [-0.05, 0) is 17.0 Å². The predicted molar refractivity (Wildman–Crippen MR) is 71.8 cm³/mol. The van der Waals surface area contributed by atoms with Crippen molar-refractivity contribution in [3.8, 4) is 0 Å². The van der Waals surface area contributed by atoms with Crippen molar-refractivity contribution in [1.82, 2.24) is 9.78 Å². The van der Waals surface area contributed by atoms with Gasteiger partial charge in [-0.15, -0.1) is 0 Å². The molecule has 0 atom stereocenters. The van der Waals surface area contributed by atoms with E-state index in [1.54, 1.807) is 10.9 Å². The minimum Gasteiger partial charge on any atom is -0.294 e. The summed E-state index contributed by atoms with van der Waals surface area (Å²) in [7, 11) is 1.85. The molecule has 2 aromatic rings. The molecule has 0 unspecified atom stereocenters. The van der Waals surface area contributed by atoms with Crippen LogP contribution in [0.5, 0.6) is 0 Å². The number of nitrogens with zero attached hydrogens (tertiary/aromatic N) is 2. The summed E-state index contributed by atoms with van der Waals surface area (Å²) >= 11 is 0. The van der Waals surface area contributed by atoms with Gasteiger partial charge in [0.1, 0.15) is 0 Å². The molecule has 0 amide bonds. The lowest BCUT2D eigenvalue weighted by Gasteiger charge is -2.06. The molecule has 1 heterocycles. The van der Waals surface area contributed by atoms with Crippen molar-refractivity contribution < 1.29 is 4.79 Å². The Bertz CT molecular complexity index is 538. The number of rotatable bonds is 4. The van der Waals surface area contributed by atoms with Crippen LogP contribution >= 0.6 is 0 Å². The highest BCUT2D eigenvalue weighted by Gasteiger charge is 2.08. The SMILES string of the molecule is CC(C)c1ccc(C(=O)Cc2cnn(C)c2)cc1. The van der Waals surface area contributed by atoms with Crippen molar-refractivity contribution >= 4 is 5.78 Å². The highest BCUT2D eigenvalue weighted by atomic mass is 16.1. The molecule has 2 rings (SSSR count). The molecule has 0 spiro atoms. The normalized spacial score (nSPS) is 10.9. The molecule has 3 nitrogen and oxygen atoms in total. The van der Waals surface area contributed by atoms with Crippen molar-refractivity contribution in [3.63, 3.8) is 0 Å². The van der Waals surface area contributed by atoms with Gasteiger partial charge in [-0.25, -0.2) is 0 Å². The van der Waals surface area contributed by atoms with Crippen LogP contribution in [0.2, 0.25) is 0 Å². The smallest absolute Gasteiger partial charge is 0.167 e. The van der Waals surface area contributed by atoms with E-state index >= 15 is 0 Å². The number of aromatic nitrogens is 2. The summed E-state index contributed by atoms with van der Waals surface area (Å²) < 4.78 is 1.71. The molecule has 0 fully saturated rings. The topological polar surface area (TPSA) is 34.9 Å². The Kier molecular flexibility index (Phi) is 3.60. The minimum absolute atomic E-state index is 0.137. The van der Waals surface area contributed by atoms with Gasteiger partial charge in [0.25, 0.3) is 0 Å². The Morgan fingerprint density at radius 3 is 2.44 bits per heavy atom.